The van der Waals surface area contributed by atoms with E-state index < -0.39 is 0 Å². The molecule has 0 bridgehead atoms. The summed E-state index contributed by atoms with van der Waals surface area (Å²) in [4.78, 5) is 2.68. The maximum atomic E-state index is 10.0. The Morgan fingerprint density at radius 1 is 1.12 bits per heavy atom. The van der Waals surface area contributed by atoms with Crippen LogP contribution in [0.4, 0.5) is 5.69 Å². The number of nitrogens with one attached hydrogen (secondary N) is 1. The van der Waals surface area contributed by atoms with Crippen LogP contribution in [0.25, 0.3) is 0 Å². The second-order valence-electron chi connectivity index (χ2n) is 7.36. The fourth-order valence-electron chi connectivity index (χ4n) is 4.21. The average molecular weight is 332 g/mol. The minimum Gasteiger partial charge on any atom is -0.506 e. The number of phenolic OH excluding ortho intramolecular Hbond substituents is 1. The summed E-state index contributed by atoms with van der Waals surface area (Å²) in [5.41, 5.74) is 2.06. The van der Waals surface area contributed by atoms with E-state index in [4.69, 9.17) is 4.74 Å². The zero-order valence-corrected chi connectivity index (χ0v) is 15.1. The lowest BCUT2D eigenvalue weighted by Crippen LogP contribution is -2.46. The summed E-state index contributed by atoms with van der Waals surface area (Å²) in [6.45, 7) is 7.32. The molecule has 0 unspecified atom stereocenters. The van der Waals surface area contributed by atoms with Crippen molar-refractivity contribution in [2.45, 2.75) is 70.6 Å². The molecule has 0 amide bonds. The minimum absolute atomic E-state index is 0.359. The first-order valence-electron chi connectivity index (χ1n) is 9.57. The number of nitrogens with zero attached hydrogens (tertiary/aromatic N) is 1. The van der Waals surface area contributed by atoms with Gasteiger partial charge in [0.25, 0.3) is 0 Å². The SMILES string of the molecule is CCOC1CCC(N2CCC(Nc3cc(C)ccc3O)CC2)CC1. The molecule has 0 aromatic heterocycles. The van der Waals surface area contributed by atoms with Gasteiger partial charge in [-0.05, 0) is 70.1 Å². The van der Waals surface area contributed by atoms with Crippen molar-refractivity contribution in [1.82, 2.24) is 4.90 Å². The molecule has 0 atom stereocenters. The summed E-state index contributed by atoms with van der Waals surface area (Å²) in [5, 5.41) is 13.5. The standard InChI is InChI=1S/C20H32N2O2/c1-3-24-18-7-5-17(6-8-18)22-12-10-16(11-13-22)21-19-14-15(2)4-9-20(19)23/h4,9,14,16-18,21,23H,3,5-8,10-13H2,1-2H3. The van der Waals surface area contributed by atoms with Crippen LogP contribution in [0.15, 0.2) is 18.2 Å². The lowest BCUT2D eigenvalue weighted by Gasteiger charge is -2.41. The van der Waals surface area contributed by atoms with E-state index >= 15 is 0 Å². The van der Waals surface area contributed by atoms with Crippen LogP contribution in [0.3, 0.4) is 0 Å². The molecule has 1 saturated carbocycles. The van der Waals surface area contributed by atoms with Crippen LogP contribution in [-0.4, -0.2) is 47.9 Å². The number of benzene rings is 1. The van der Waals surface area contributed by atoms with Crippen molar-refractivity contribution in [3.05, 3.63) is 23.8 Å². The van der Waals surface area contributed by atoms with Crippen LogP contribution >= 0.6 is 0 Å². The van der Waals surface area contributed by atoms with Gasteiger partial charge in [-0.25, -0.2) is 0 Å². The number of ether oxygens (including phenoxy) is 1. The van der Waals surface area contributed by atoms with Crippen molar-refractivity contribution in [3.8, 4) is 5.75 Å². The summed E-state index contributed by atoms with van der Waals surface area (Å²) in [5.74, 6) is 0.359. The van der Waals surface area contributed by atoms with Gasteiger partial charge < -0.3 is 20.1 Å². The molecule has 2 fully saturated rings. The van der Waals surface area contributed by atoms with Crippen LogP contribution in [0.2, 0.25) is 0 Å². The summed E-state index contributed by atoms with van der Waals surface area (Å²) in [7, 11) is 0. The lowest BCUT2D eigenvalue weighted by molar-refractivity contribution is 0.00994. The highest BCUT2D eigenvalue weighted by molar-refractivity contribution is 5.57. The van der Waals surface area contributed by atoms with Crippen LogP contribution in [0.5, 0.6) is 5.75 Å². The molecule has 1 aromatic carbocycles. The summed E-state index contributed by atoms with van der Waals surface area (Å²) in [6.07, 6.45) is 7.79. The molecule has 0 spiro atoms. The molecule has 1 aliphatic heterocycles. The molecule has 2 aliphatic rings. The number of hydrogen-bond donors (Lipinski definition) is 2. The Balaban J connectivity index is 1.45. The normalized spacial score (nSPS) is 26.4. The molecule has 3 rings (SSSR count). The number of rotatable bonds is 5. The van der Waals surface area contributed by atoms with Gasteiger partial charge >= 0.3 is 0 Å². The smallest absolute Gasteiger partial charge is 0.138 e. The van der Waals surface area contributed by atoms with Crippen molar-refractivity contribution in [3.63, 3.8) is 0 Å². The Morgan fingerprint density at radius 2 is 1.83 bits per heavy atom. The maximum Gasteiger partial charge on any atom is 0.138 e. The summed E-state index contributed by atoms with van der Waals surface area (Å²) >= 11 is 0. The zero-order valence-electron chi connectivity index (χ0n) is 15.1. The van der Waals surface area contributed by atoms with Gasteiger partial charge in [-0.2, -0.15) is 0 Å². The predicted molar refractivity (Wildman–Crippen MR) is 98.7 cm³/mol. The molecule has 1 aliphatic carbocycles. The molecule has 1 saturated heterocycles. The highest BCUT2D eigenvalue weighted by Gasteiger charge is 2.29. The van der Waals surface area contributed by atoms with Gasteiger partial charge in [-0.1, -0.05) is 6.07 Å². The molecular formula is C20H32N2O2. The summed E-state index contributed by atoms with van der Waals surface area (Å²) in [6, 6.07) is 6.98. The van der Waals surface area contributed by atoms with Gasteiger partial charge in [-0.3, -0.25) is 0 Å². The van der Waals surface area contributed by atoms with E-state index in [1.807, 2.05) is 12.1 Å². The van der Waals surface area contributed by atoms with E-state index in [0.717, 1.165) is 44.3 Å². The Kier molecular flexibility index (Phi) is 6.01. The monoisotopic (exact) mass is 332 g/mol. The zero-order chi connectivity index (χ0) is 16.9. The van der Waals surface area contributed by atoms with E-state index in [-0.39, 0.29) is 0 Å². The quantitative estimate of drug-likeness (QED) is 0.802. The topological polar surface area (TPSA) is 44.7 Å². The largest absolute Gasteiger partial charge is 0.506 e. The minimum atomic E-state index is 0.359. The number of aromatic hydroxyl groups is 1. The third-order valence-corrected chi connectivity index (χ3v) is 5.60. The molecule has 1 aromatic rings. The molecule has 4 heteroatoms. The van der Waals surface area contributed by atoms with Gasteiger partial charge in [0.15, 0.2) is 0 Å². The van der Waals surface area contributed by atoms with E-state index in [2.05, 4.69) is 24.1 Å². The maximum absolute atomic E-state index is 10.0. The first kappa shape index (κ1) is 17.6. The van der Waals surface area contributed by atoms with Gasteiger partial charge in [0.05, 0.1) is 11.8 Å². The number of hydrogen-bond acceptors (Lipinski definition) is 4. The number of piperidine rings is 1. The molecule has 0 radical (unpaired) electrons. The molecule has 1 heterocycles. The molecule has 134 valence electrons. The van der Waals surface area contributed by atoms with Crippen molar-refractivity contribution in [1.29, 1.82) is 0 Å². The number of aryl methyl sites for hydroxylation is 1. The molecule has 24 heavy (non-hydrogen) atoms. The fraction of sp³-hybridized carbons (Fsp3) is 0.700. The van der Waals surface area contributed by atoms with Crippen molar-refractivity contribution in [2.24, 2.45) is 0 Å². The average Bonchev–Trinajstić information content (AvgIpc) is 2.60. The first-order valence-corrected chi connectivity index (χ1v) is 9.57. The highest BCUT2D eigenvalue weighted by Crippen LogP contribution is 2.30. The van der Waals surface area contributed by atoms with Crippen molar-refractivity contribution < 1.29 is 9.84 Å². The van der Waals surface area contributed by atoms with Crippen LogP contribution < -0.4 is 5.32 Å². The van der Waals surface area contributed by atoms with Crippen molar-refractivity contribution >= 4 is 5.69 Å². The summed E-state index contributed by atoms with van der Waals surface area (Å²) < 4.78 is 5.77. The Hall–Kier alpha value is -1.26. The lowest BCUT2D eigenvalue weighted by atomic mass is 9.90. The van der Waals surface area contributed by atoms with Crippen molar-refractivity contribution in [2.75, 3.05) is 25.0 Å². The van der Waals surface area contributed by atoms with Crippen LogP contribution in [0.1, 0.15) is 51.0 Å². The molecule has 4 nitrogen and oxygen atoms in total. The Bertz CT molecular complexity index is 518. The number of anilines is 1. The predicted octanol–water partition coefficient (Wildman–Crippen LogP) is 3.92. The van der Waals surface area contributed by atoms with E-state index in [1.54, 1.807) is 6.07 Å². The van der Waals surface area contributed by atoms with E-state index in [0.29, 0.717) is 17.9 Å². The van der Waals surface area contributed by atoms with Gasteiger partial charge in [0.1, 0.15) is 5.75 Å². The third-order valence-electron chi connectivity index (χ3n) is 5.60. The number of likely N-dealkylation sites (tertiary alicyclic amines) is 1. The van der Waals surface area contributed by atoms with Gasteiger partial charge in [0.2, 0.25) is 0 Å². The van der Waals surface area contributed by atoms with Crippen LogP contribution in [-0.2, 0) is 4.74 Å². The third kappa shape index (κ3) is 4.42. The molecular weight excluding hydrogens is 300 g/mol. The van der Waals surface area contributed by atoms with E-state index in [1.165, 1.54) is 31.2 Å². The van der Waals surface area contributed by atoms with Crippen LogP contribution in [0, 0.1) is 6.92 Å². The Labute approximate surface area is 146 Å². The molecule has 2 N–H and O–H groups in total. The second kappa shape index (κ2) is 8.21. The number of phenols is 1. The van der Waals surface area contributed by atoms with Gasteiger partial charge in [-0.15, -0.1) is 0 Å². The van der Waals surface area contributed by atoms with Gasteiger partial charge in [0, 0.05) is 31.8 Å². The first-order chi connectivity index (χ1) is 11.7. The fourth-order valence-corrected chi connectivity index (χ4v) is 4.21. The second-order valence-corrected chi connectivity index (χ2v) is 7.36. The highest BCUT2D eigenvalue weighted by atomic mass is 16.5. The van der Waals surface area contributed by atoms with E-state index in [9.17, 15) is 5.11 Å². The Morgan fingerprint density at radius 3 is 2.50 bits per heavy atom.